The molecule has 4 nitrogen and oxygen atoms in total. The maximum absolute atomic E-state index is 11.0. The average Bonchev–Trinajstić information content (AvgIpc) is 2.35. The molecule has 0 spiro atoms. The Morgan fingerprint density at radius 3 is 2.94 bits per heavy atom. The normalized spacial score (nSPS) is 10.2. The number of esters is 1. The maximum Gasteiger partial charge on any atom is 0.325 e. The molecule has 1 aromatic heterocycles. The number of hydrogen-bond donors (Lipinski definition) is 1. The van der Waals surface area contributed by atoms with Gasteiger partial charge in [-0.1, -0.05) is 18.2 Å². The molecule has 17 heavy (non-hydrogen) atoms. The minimum atomic E-state index is -0.306. The number of nitrogens with zero attached hydrogens (tertiary/aromatic N) is 1. The molecule has 0 atom stereocenters. The highest BCUT2D eigenvalue weighted by molar-refractivity contribution is 5.82. The lowest BCUT2D eigenvalue weighted by Crippen LogP contribution is -2.16. The summed E-state index contributed by atoms with van der Waals surface area (Å²) >= 11 is 0. The summed E-state index contributed by atoms with van der Waals surface area (Å²) in [6.45, 7) is 2.09. The van der Waals surface area contributed by atoms with Crippen molar-refractivity contribution in [1.82, 2.24) is 4.98 Å². The maximum atomic E-state index is 11.0. The van der Waals surface area contributed by atoms with Gasteiger partial charge in [-0.2, -0.15) is 0 Å². The van der Waals surface area contributed by atoms with Gasteiger partial charge in [0, 0.05) is 5.39 Å². The van der Waals surface area contributed by atoms with E-state index in [-0.39, 0.29) is 12.5 Å². The number of ether oxygens (including phenoxy) is 1. The van der Waals surface area contributed by atoms with Crippen LogP contribution in [0.5, 0.6) is 0 Å². The molecular formula is C13H14N2O2. The van der Waals surface area contributed by atoms with E-state index in [1.807, 2.05) is 37.3 Å². The molecule has 0 fully saturated rings. The lowest BCUT2D eigenvalue weighted by Gasteiger charge is -2.08. The third kappa shape index (κ3) is 2.53. The number of aryl methyl sites for hydroxylation is 1. The van der Waals surface area contributed by atoms with Crippen molar-refractivity contribution in [3.05, 3.63) is 35.9 Å². The van der Waals surface area contributed by atoms with E-state index in [9.17, 15) is 4.79 Å². The van der Waals surface area contributed by atoms with Gasteiger partial charge in [0.15, 0.2) is 0 Å². The van der Waals surface area contributed by atoms with Crippen LogP contribution in [-0.2, 0) is 9.53 Å². The summed E-state index contributed by atoms with van der Waals surface area (Å²) in [6.07, 6.45) is 0. The molecule has 0 amide bonds. The summed E-state index contributed by atoms with van der Waals surface area (Å²) in [5.74, 6) is 0.411. The molecule has 0 saturated heterocycles. The van der Waals surface area contributed by atoms with Gasteiger partial charge in [0.2, 0.25) is 0 Å². The van der Waals surface area contributed by atoms with Crippen LogP contribution in [0.25, 0.3) is 10.9 Å². The zero-order valence-corrected chi connectivity index (χ0v) is 9.86. The van der Waals surface area contributed by atoms with E-state index < -0.39 is 0 Å². The number of carbonyl (C=O) groups is 1. The second-order valence-electron chi connectivity index (χ2n) is 3.78. The molecule has 1 heterocycles. The number of aromatic nitrogens is 1. The Morgan fingerprint density at radius 2 is 2.18 bits per heavy atom. The molecular weight excluding hydrogens is 216 g/mol. The van der Waals surface area contributed by atoms with Crippen molar-refractivity contribution >= 4 is 22.7 Å². The van der Waals surface area contributed by atoms with Crippen LogP contribution in [0.15, 0.2) is 30.3 Å². The molecule has 0 saturated carbocycles. The van der Waals surface area contributed by atoms with Gasteiger partial charge in [-0.3, -0.25) is 4.79 Å². The Morgan fingerprint density at radius 1 is 1.41 bits per heavy atom. The summed E-state index contributed by atoms with van der Waals surface area (Å²) < 4.78 is 4.57. The van der Waals surface area contributed by atoms with Crippen LogP contribution < -0.4 is 5.32 Å². The van der Waals surface area contributed by atoms with Gasteiger partial charge >= 0.3 is 5.97 Å². The Kier molecular flexibility index (Phi) is 3.23. The first-order valence-corrected chi connectivity index (χ1v) is 5.38. The fourth-order valence-corrected chi connectivity index (χ4v) is 1.63. The molecule has 4 heteroatoms. The molecule has 0 bridgehead atoms. The van der Waals surface area contributed by atoms with Gasteiger partial charge in [-0.25, -0.2) is 4.98 Å². The molecule has 2 rings (SSSR count). The predicted molar refractivity (Wildman–Crippen MR) is 67.0 cm³/mol. The Bertz CT molecular complexity index is 552. The first-order valence-electron chi connectivity index (χ1n) is 5.38. The van der Waals surface area contributed by atoms with Gasteiger partial charge in [-0.05, 0) is 24.6 Å². The van der Waals surface area contributed by atoms with E-state index in [0.717, 1.165) is 16.5 Å². The third-order valence-corrected chi connectivity index (χ3v) is 2.54. The van der Waals surface area contributed by atoms with Crippen LogP contribution in [-0.4, -0.2) is 24.6 Å². The van der Waals surface area contributed by atoms with Crippen LogP contribution >= 0.6 is 0 Å². The molecule has 1 N–H and O–H groups in total. The summed E-state index contributed by atoms with van der Waals surface area (Å²) in [5.41, 5.74) is 1.91. The number of anilines is 1. The minimum Gasteiger partial charge on any atom is -0.468 e. The smallest absolute Gasteiger partial charge is 0.325 e. The number of methoxy groups -OCH3 is 1. The van der Waals surface area contributed by atoms with Crippen LogP contribution in [0.2, 0.25) is 0 Å². The zero-order valence-electron chi connectivity index (χ0n) is 9.86. The second-order valence-corrected chi connectivity index (χ2v) is 3.78. The number of para-hydroxylation sites is 1. The largest absolute Gasteiger partial charge is 0.468 e. The molecule has 0 radical (unpaired) electrons. The van der Waals surface area contributed by atoms with E-state index in [4.69, 9.17) is 0 Å². The summed E-state index contributed by atoms with van der Waals surface area (Å²) in [6, 6.07) is 9.92. The van der Waals surface area contributed by atoms with Crippen LogP contribution in [0.3, 0.4) is 0 Å². The predicted octanol–water partition coefficient (Wildman–Crippen LogP) is 2.13. The first kappa shape index (κ1) is 11.4. The van der Waals surface area contributed by atoms with Crippen molar-refractivity contribution in [3.8, 4) is 0 Å². The molecule has 0 aliphatic rings. The van der Waals surface area contributed by atoms with Crippen molar-refractivity contribution in [2.24, 2.45) is 0 Å². The van der Waals surface area contributed by atoms with E-state index >= 15 is 0 Å². The van der Waals surface area contributed by atoms with Crippen LogP contribution in [0.4, 0.5) is 5.82 Å². The summed E-state index contributed by atoms with van der Waals surface area (Å²) in [7, 11) is 1.37. The number of fused-ring (bicyclic) bond motifs is 1. The first-order chi connectivity index (χ1) is 8.20. The third-order valence-electron chi connectivity index (χ3n) is 2.54. The van der Waals surface area contributed by atoms with Gasteiger partial charge in [0.05, 0.1) is 12.6 Å². The van der Waals surface area contributed by atoms with Crippen molar-refractivity contribution < 1.29 is 9.53 Å². The molecule has 0 unspecified atom stereocenters. The SMILES string of the molecule is COC(=O)CNc1nc2ccccc2cc1C. The highest BCUT2D eigenvalue weighted by atomic mass is 16.5. The number of pyridine rings is 1. The molecule has 0 aliphatic carbocycles. The van der Waals surface area contributed by atoms with Gasteiger partial charge in [-0.15, -0.1) is 0 Å². The lowest BCUT2D eigenvalue weighted by molar-refractivity contribution is -0.138. The Hall–Kier alpha value is -2.10. The molecule has 0 aliphatic heterocycles. The fourth-order valence-electron chi connectivity index (χ4n) is 1.63. The van der Waals surface area contributed by atoms with Crippen molar-refractivity contribution in [2.75, 3.05) is 19.0 Å². The molecule has 1 aromatic carbocycles. The highest BCUT2D eigenvalue weighted by Gasteiger charge is 2.05. The van der Waals surface area contributed by atoms with Crippen molar-refractivity contribution in [3.63, 3.8) is 0 Å². The Labute approximate surface area is 99.6 Å². The lowest BCUT2D eigenvalue weighted by atomic mass is 10.1. The highest BCUT2D eigenvalue weighted by Crippen LogP contribution is 2.19. The molecule has 2 aromatic rings. The van der Waals surface area contributed by atoms with Crippen molar-refractivity contribution in [1.29, 1.82) is 0 Å². The number of benzene rings is 1. The number of carbonyl (C=O) groups excluding carboxylic acids is 1. The van der Waals surface area contributed by atoms with E-state index in [1.54, 1.807) is 0 Å². The van der Waals surface area contributed by atoms with Crippen LogP contribution in [0, 0.1) is 6.92 Å². The van der Waals surface area contributed by atoms with E-state index in [2.05, 4.69) is 15.0 Å². The van der Waals surface area contributed by atoms with Crippen LogP contribution in [0.1, 0.15) is 5.56 Å². The monoisotopic (exact) mass is 230 g/mol. The minimum absolute atomic E-state index is 0.128. The summed E-state index contributed by atoms with van der Waals surface area (Å²) in [5, 5.41) is 4.06. The zero-order chi connectivity index (χ0) is 12.3. The fraction of sp³-hybridized carbons (Fsp3) is 0.231. The summed E-state index contributed by atoms with van der Waals surface area (Å²) in [4.78, 5) is 15.5. The van der Waals surface area contributed by atoms with E-state index in [0.29, 0.717) is 5.82 Å². The van der Waals surface area contributed by atoms with E-state index in [1.165, 1.54) is 7.11 Å². The average molecular weight is 230 g/mol. The van der Waals surface area contributed by atoms with Gasteiger partial charge in [0.25, 0.3) is 0 Å². The number of nitrogens with one attached hydrogen (secondary N) is 1. The quantitative estimate of drug-likeness (QED) is 0.821. The standard InChI is InChI=1S/C13H14N2O2/c1-9-7-10-5-3-4-6-11(10)15-13(9)14-8-12(16)17-2/h3-7H,8H2,1-2H3,(H,14,15). The van der Waals surface area contributed by atoms with Gasteiger partial charge in [0.1, 0.15) is 12.4 Å². The Balaban J connectivity index is 2.28. The number of rotatable bonds is 3. The topological polar surface area (TPSA) is 51.2 Å². The number of hydrogen-bond acceptors (Lipinski definition) is 4. The van der Waals surface area contributed by atoms with Crippen molar-refractivity contribution in [2.45, 2.75) is 6.92 Å². The molecule has 88 valence electrons. The van der Waals surface area contributed by atoms with Gasteiger partial charge < -0.3 is 10.1 Å². The second kappa shape index (κ2) is 4.82.